The van der Waals surface area contributed by atoms with Crippen LogP contribution in [0.4, 0.5) is 5.88 Å². The molecule has 3 N–H and O–H groups in total. The standard InChI is InChI=1S/C15H11BrClN3O3/c16-9-4-2-1-3-8(9)7-19-15(21)12-13(20-23-14(12)18)10-5-6-11(17)22-10/h1-6H,7,18H2,(H,19,21). The molecular formula is C15H11BrClN3O3. The summed E-state index contributed by atoms with van der Waals surface area (Å²) in [5, 5.41) is 6.73. The van der Waals surface area contributed by atoms with Gasteiger partial charge in [-0.2, -0.15) is 0 Å². The number of carbonyl (C=O) groups excluding carboxylic acids is 1. The normalized spacial score (nSPS) is 10.7. The minimum atomic E-state index is -0.415. The van der Waals surface area contributed by atoms with Crippen LogP contribution in [0.3, 0.4) is 0 Å². The molecule has 0 radical (unpaired) electrons. The molecule has 1 aromatic carbocycles. The lowest BCUT2D eigenvalue weighted by Gasteiger charge is -2.06. The maximum Gasteiger partial charge on any atom is 0.259 e. The maximum atomic E-state index is 12.4. The van der Waals surface area contributed by atoms with Crippen LogP contribution in [-0.4, -0.2) is 11.1 Å². The zero-order chi connectivity index (χ0) is 16.4. The summed E-state index contributed by atoms with van der Waals surface area (Å²) in [6.45, 7) is 0.323. The molecule has 0 spiro atoms. The van der Waals surface area contributed by atoms with Crippen molar-refractivity contribution in [1.29, 1.82) is 0 Å². The van der Waals surface area contributed by atoms with Crippen LogP contribution in [0.15, 0.2) is 49.8 Å². The van der Waals surface area contributed by atoms with Crippen molar-refractivity contribution < 1.29 is 13.7 Å². The average Bonchev–Trinajstić information content (AvgIpc) is 3.12. The van der Waals surface area contributed by atoms with Crippen LogP contribution in [0.1, 0.15) is 15.9 Å². The predicted molar refractivity (Wildman–Crippen MR) is 88.9 cm³/mol. The minimum absolute atomic E-state index is 0.0860. The second kappa shape index (κ2) is 6.47. The molecular weight excluding hydrogens is 386 g/mol. The molecule has 118 valence electrons. The third-order valence-electron chi connectivity index (χ3n) is 3.15. The van der Waals surface area contributed by atoms with Gasteiger partial charge in [0, 0.05) is 11.0 Å². The number of nitrogens with one attached hydrogen (secondary N) is 1. The van der Waals surface area contributed by atoms with Crippen LogP contribution in [0.5, 0.6) is 0 Å². The van der Waals surface area contributed by atoms with Crippen LogP contribution in [0.2, 0.25) is 5.22 Å². The number of furan rings is 1. The zero-order valence-electron chi connectivity index (χ0n) is 11.7. The highest BCUT2D eigenvalue weighted by molar-refractivity contribution is 9.10. The van der Waals surface area contributed by atoms with E-state index < -0.39 is 5.91 Å². The summed E-state index contributed by atoms with van der Waals surface area (Å²) in [4.78, 5) is 12.4. The number of nitrogen functional groups attached to an aromatic ring is 1. The van der Waals surface area contributed by atoms with Gasteiger partial charge in [0.05, 0.1) is 0 Å². The Bertz CT molecular complexity index is 859. The van der Waals surface area contributed by atoms with Gasteiger partial charge in [-0.25, -0.2) is 0 Å². The van der Waals surface area contributed by atoms with Gasteiger partial charge in [-0.15, -0.1) is 0 Å². The van der Waals surface area contributed by atoms with E-state index in [0.29, 0.717) is 12.3 Å². The molecule has 0 fully saturated rings. The molecule has 0 aliphatic heterocycles. The molecule has 0 aliphatic rings. The number of carbonyl (C=O) groups is 1. The first-order valence-electron chi connectivity index (χ1n) is 6.58. The molecule has 3 aromatic rings. The van der Waals surface area contributed by atoms with E-state index in [4.69, 9.17) is 26.3 Å². The van der Waals surface area contributed by atoms with Gasteiger partial charge in [-0.05, 0) is 35.4 Å². The van der Waals surface area contributed by atoms with Gasteiger partial charge in [-0.3, -0.25) is 4.79 Å². The summed E-state index contributed by atoms with van der Waals surface area (Å²) in [6, 6.07) is 10.7. The lowest BCUT2D eigenvalue weighted by Crippen LogP contribution is -2.24. The highest BCUT2D eigenvalue weighted by Gasteiger charge is 2.24. The SMILES string of the molecule is Nc1onc(-c2ccc(Cl)o2)c1C(=O)NCc1ccccc1Br. The molecule has 0 bridgehead atoms. The molecule has 8 heteroatoms. The van der Waals surface area contributed by atoms with Gasteiger partial charge in [0.15, 0.2) is 16.7 Å². The topological polar surface area (TPSA) is 94.3 Å². The number of anilines is 1. The lowest BCUT2D eigenvalue weighted by molar-refractivity contribution is 0.0952. The van der Waals surface area contributed by atoms with Crippen LogP contribution >= 0.6 is 27.5 Å². The maximum absolute atomic E-state index is 12.4. The van der Waals surface area contributed by atoms with Gasteiger partial charge in [-0.1, -0.05) is 39.3 Å². The Morgan fingerprint density at radius 3 is 2.78 bits per heavy atom. The van der Waals surface area contributed by atoms with Crippen LogP contribution in [0, 0.1) is 0 Å². The third kappa shape index (κ3) is 3.25. The molecule has 0 saturated heterocycles. The number of hydrogen-bond donors (Lipinski definition) is 2. The molecule has 0 aliphatic carbocycles. The predicted octanol–water partition coefficient (Wildman–Crippen LogP) is 3.86. The summed E-state index contributed by atoms with van der Waals surface area (Å²) < 4.78 is 11.1. The molecule has 6 nitrogen and oxygen atoms in total. The molecule has 0 atom stereocenters. The highest BCUT2D eigenvalue weighted by atomic mass is 79.9. The largest absolute Gasteiger partial charge is 0.443 e. The molecule has 2 heterocycles. The Balaban J connectivity index is 1.83. The molecule has 23 heavy (non-hydrogen) atoms. The van der Waals surface area contributed by atoms with Crippen molar-refractivity contribution in [2.24, 2.45) is 0 Å². The van der Waals surface area contributed by atoms with Gasteiger partial charge < -0.3 is 20.0 Å². The fraction of sp³-hybridized carbons (Fsp3) is 0.0667. The van der Waals surface area contributed by atoms with Crippen molar-refractivity contribution in [1.82, 2.24) is 10.5 Å². The van der Waals surface area contributed by atoms with Crippen molar-refractivity contribution in [3.63, 3.8) is 0 Å². The van der Waals surface area contributed by atoms with Crippen LogP contribution < -0.4 is 11.1 Å². The van der Waals surface area contributed by atoms with E-state index in [0.717, 1.165) is 10.0 Å². The molecule has 0 saturated carbocycles. The summed E-state index contributed by atoms with van der Waals surface area (Å²) in [5.74, 6) is -0.194. The summed E-state index contributed by atoms with van der Waals surface area (Å²) in [6.07, 6.45) is 0. The summed E-state index contributed by atoms with van der Waals surface area (Å²) in [5.41, 5.74) is 6.96. The van der Waals surface area contributed by atoms with E-state index in [9.17, 15) is 4.79 Å². The first-order valence-corrected chi connectivity index (χ1v) is 7.76. The van der Waals surface area contributed by atoms with E-state index in [1.54, 1.807) is 12.1 Å². The number of rotatable bonds is 4. The van der Waals surface area contributed by atoms with Gasteiger partial charge >= 0.3 is 0 Å². The quantitative estimate of drug-likeness (QED) is 0.698. The Labute approximate surface area is 144 Å². The van der Waals surface area contributed by atoms with Gasteiger partial charge in [0.2, 0.25) is 5.88 Å². The second-order valence-corrected chi connectivity index (χ2v) is 5.88. The number of benzene rings is 1. The first-order chi connectivity index (χ1) is 11.1. The fourth-order valence-electron chi connectivity index (χ4n) is 2.04. The van der Waals surface area contributed by atoms with E-state index in [2.05, 4.69) is 26.4 Å². The smallest absolute Gasteiger partial charge is 0.259 e. The van der Waals surface area contributed by atoms with Crippen molar-refractivity contribution in [2.45, 2.75) is 6.54 Å². The van der Waals surface area contributed by atoms with E-state index in [-0.39, 0.29) is 22.4 Å². The number of halogens is 2. The van der Waals surface area contributed by atoms with Crippen LogP contribution in [-0.2, 0) is 6.54 Å². The summed E-state index contributed by atoms with van der Waals surface area (Å²) >= 11 is 9.17. The third-order valence-corrected chi connectivity index (χ3v) is 4.13. The fourth-order valence-corrected chi connectivity index (χ4v) is 2.61. The number of aromatic nitrogens is 1. The van der Waals surface area contributed by atoms with E-state index >= 15 is 0 Å². The van der Waals surface area contributed by atoms with Gasteiger partial charge in [0.25, 0.3) is 5.91 Å². The zero-order valence-corrected chi connectivity index (χ0v) is 14.0. The highest BCUT2D eigenvalue weighted by Crippen LogP contribution is 2.30. The Kier molecular flexibility index (Phi) is 4.40. The first kappa shape index (κ1) is 15.6. The number of nitrogens with zero attached hydrogens (tertiary/aromatic N) is 1. The number of nitrogens with two attached hydrogens (primary N) is 1. The molecule has 3 rings (SSSR count). The monoisotopic (exact) mass is 395 g/mol. The van der Waals surface area contributed by atoms with Crippen molar-refractivity contribution in [3.8, 4) is 11.5 Å². The number of amides is 1. The molecule has 1 amide bonds. The minimum Gasteiger partial charge on any atom is -0.443 e. The molecule has 2 aromatic heterocycles. The Morgan fingerprint density at radius 2 is 2.09 bits per heavy atom. The van der Waals surface area contributed by atoms with Crippen LogP contribution in [0.25, 0.3) is 11.5 Å². The van der Waals surface area contributed by atoms with Crippen molar-refractivity contribution in [3.05, 3.63) is 57.2 Å². The lowest BCUT2D eigenvalue weighted by atomic mass is 10.1. The average molecular weight is 397 g/mol. The molecule has 0 unspecified atom stereocenters. The second-order valence-electron chi connectivity index (χ2n) is 4.65. The number of hydrogen-bond acceptors (Lipinski definition) is 5. The summed E-state index contributed by atoms with van der Waals surface area (Å²) in [7, 11) is 0. The van der Waals surface area contributed by atoms with Crippen molar-refractivity contribution in [2.75, 3.05) is 5.73 Å². The Morgan fingerprint density at radius 1 is 1.30 bits per heavy atom. The van der Waals surface area contributed by atoms with Crippen molar-refractivity contribution >= 4 is 39.3 Å². The van der Waals surface area contributed by atoms with Gasteiger partial charge in [0.1, 0.15) is 5.56 Å². The Hall–Kier alpha value is -2.25. The van der Waals surface area contributed by atoms with E-state index in [1.807, 2.05) is 24.3 Å². The van der Waals surface area contributed by atoms with E-state index in [1.165, 1.54) is 0 Å².